The van der Waals surface area contributed by atoms with Crippen molar-refractivity contribution in [1.82, 2.24) is 4.72 Å². The van der Waals surface area contributed by atoms with Crippen LogP contribution >= 0.6 is 0 Å². The number of methoxy groups -OCH3 is 2. The molecule has 0 aliphatic carbocycles. The van der Waals surface area contributed by atoms with Crippen molar-refractivity contribution in [3.8, 4) is 11.5 Å². The Hall–Kier alpha value is -2.12. The lowest BCUT2D eigenvalue weighted by molar-refractivity contribution is 0.354. The van der Waals surface area contributed by atoms with Crippen LogP contribution in [-0.4, -0.2) is 29.2 Å². The summed E-state index contributed by atoms with van der Waals surface area (Å²) in [6.45, 7) is 1.86. The number of halogens is 1. The lowest BCUT2D eigenvalue weighted by Crippen LogP contribution is -2.25. The fourth-order valence-corrected chi connectivity index (χ4v) is 3.83. The molecule has 0 amide bonds. The number of hydrogen-bond donors (Lipinski definition) is 1. The Morgan fingerprint density at radius 2 is 1.76 bits per heavy atom. The monoisotopic (exact) mass is 367 g/mol. The van der Waals surface area contributed by atoms with E-state index in [1.807, 2.05) is 18.2 Å². The van der Waals surface area contributed by atoms with Gasteiger partial charge in [0.15, 0.2) is 11.5 Å². The van der Waals surface area contributed by atoms with Crippen LogP contribution in [0.4, 0.5) is 4.39 Å². The van der Waals surface area contributed by atoms with E-state index in [4.69, 9.17) is 9.47 Å². The summed E-state index contributed by atoms with van der Waals surface area (Å²) in [6, 6.07) is 9.24. The largest absolute Gasteiger partial charge is 0.493 e. The van der Waals surface area contributed by atoms with Gasteiger partial charge in [0.25, 0.3) is 0 Å². The molecule has 1 N–H and O–H groups in total. The molecule has 0 bridgehead atoms. The Kier molecular flexibility index (Phi) is 6.39. The number of benzene rings is 2. The van der Waals surface area contributed by atoms with Crippen LogP contribution in [0, 0.1) is 12.7 Å². The van der Waals surface area contributed by atoms with Crippen molar-refractivity contribution in [3.63, 3.8) is 0 Å². The van der Waals surface area contributed by atoms with Gasteiger partial charge >= 0.3 is 0 Å². The first kappa shape index (κ1) is 19.2. The molecule has 0 aliphatic heterocycles. The zero-order valence-corrected chi connectivity index (χ0v) is 15.3. The molecule has 0 heterocycles. The summed E-state index contributed by atoms with van der Waals surface area (Å²) in [7, 11) is -0.504. The van der Waals surface area contributed by atoms with Crippen molar-refractivity contribution in [3.05, 3.63) is 53.3 Å². The van der Waals surface area contributed by atoms with Crippen LogP contribution in [0.5, 0.6) is 11.5 Å². The number of nitrogens with one attached hydrogen (secondary N) is 1. The molecule has 2 rings (SSSR count). The second-order valence-corrected chi connectivity index (χ2v) is 7.34. The van der Waals surface area contributed by atoms with E-state index in [0.717, 1.165) is 11.6 Å². The molecule has 25 heavy (non-hydrogen) atoms. The van der Waals surface area contributed by atoms with Gasteiger partial charge in [-0.1, -0.05) is 6.07 Å². The van der Waals surface area contributed by atoms with Crippen LogP contribution in [0.2, 0.25) is 0 Å². The number of sulfonamides is 1. The molecule has 0 aromatic heterocycles. The van der Waals surface area contributed by atoms with Gasteiger partial charge in [-0.05, 0) is 61.2 Å². The summed E-state index contributed by atoms with van der Waals surface area (Å²) < 4.78 is 50.7. The molecule has 0 aliphatic rings. The van der Waals surface area contributed by atoms with Crippen molar-refractivity contribution >= 4 is 10.0 Å². The van der Waals surface area contributed by atoms with Gasteiger partial charge in [-0.15, -0.1) is 0 Å². The lowest BCUT2D eigenvalue weighted by atomic mass is 10.1. The molecule has 2 aromatic carbocycles. The third-order valence-corrected chi connectivity index (χ3v) is 5.43. The van der Waals surface area contributed by atoms with E-state index in [-0.39, 0.29) is 11.4 Å². The maximum atomic E-state index is 13.1. The Bertz CT molecular complexity index is 837. The van der Waals surface area contributed by atoms with Crippen molar-refractivity contribution in [2.24, 2.45) is 0 Å². The van der Waals surface area contributed by atoms with Crippen molar-refractivity contribution in [1.29, 1.82) is 0 Å². The molecular formula is C18H22FNO4S. The number of aryl methyl sites for hydroxylation is 2. The van der Waals surface area contributed by atoms with E-state index < -0.39 is 15.8 Å². The third kappa shape index (κ3) is 4.93. The highest BCUT2D eigenvalue weighted by molar-refractivity contribution is 7.89. The standard InChI is InChI=1S/C18H22FNO4S/c1-13-11-15(19)7-9-18(13)25(21,22)20-10-4-5-14-6-8-16(23-2)17(12-14)24-3/h6-9,11-12,20H,4-5,10H2,1-3H3. The minimum absolute atomic E-state index is 0.0972. The maximum Gasteiger partial charge on any atom is 0.240 e. The van der Waals surface area contributed by atoms with Crippen molar-refractivity contribution < 1.29 is 22.3 Å². The number of ether oxygens (including phenoxy) is 2. The second-order valence-electron chi connectivity index (χ2n) is 5.60. The smallest absolute Gasteiger partial charge is 0.240 e. The Balaban J connectivity index is 1.94. The van der Waals surface area contributed by atoms with Crippen LogP contribution in [0.15, 0.2) is 41.3 Å². The maximum absolute atomic E-state index is 13.1. The van der Waals surface area contributed by atoms with E-state index in [0.29, 0.717) is 29.9 Å². The molecule has 0 spiro atoms. The molecule has 0 saturated heterocycles. The quantitative estimate of drug-likeness (QED) is 0.729. The number of hydrogen-bond acceptors (Lipinski definition) is 4. The van der Waals surface area contributed by atoms with Gasteiger partial charge < -0.3 is 9.47 Å². The van der Waals surface area contributed by atoms with Crippen LogP contribution in [0.25, 0.3) is 0 Å². The highest BCUT2D eigenvalue weighted by atomic mass is 32.2. The lowest BCUT2D eigenvalue weighted by Gasteiger charge is -2.11. The van der Waals surface area contributed by atoms with Crippen LogP contribution < -0.4 is 14.2 Å². The minimum Gasteiger partial charge on any atom is -0.493 e. The minimum atomic E-state index is -3.65. The van der Waals surface area contributed by atoms with Crippen LogP contribution in [-0.2, 0) is 16.4 Å². The molecule has 0 saturated carbocycles. The molecule has 136 valence electrons. The predicted molar refractivity (Wildman–Crippen MR) is 94.2 cm³/mol. The third-order valence-electron chi connectivity index (χ3n) is 3.81. The molecule has 0 atom stereocenters. The zero-order valence-electron chi connectivity index (χ0n) is 14.5. The highest BCUT2D eigenvalue weighted by Crippen LogP contribution is 2.27. The molecule has 0 radical (unpaired) electrons. The summed E-state index contributed by atoms with van der Waals surface area (Å²) in [6.07, 6.45) is 1.31. The summed E-state index contributed by atoms with van der Waals surface area (Å²) in [5.74, 6) is 0.839. The second kappa shape index (κ2) is 8.31. The topological polar surface area (TPSA) is 64.6 Å². The van der Waals surface area contributed by atoms with Crippen LogP contribution in [0.3, 0.4) is 0 Å². The first-order chi connectivity index (χ1) is 11.9. The van der Waals surface area contributed by atoms with E-state index in [2.05, 4.69) is 4.72 Å². The molecule has 0 fully saturated rings. The zero-order chi connectivity index (χ0) is 18.4. The van der Waals surface area contributed by atoms with E-state index in [1.165, 1.54) is 12.1 Å². The average Bonchev–Trinajstić information content (AvgIpc) is 2.58. The van der Waals surface area contributed by atoms with E-state index in [9.17, 15) is 12.8 Å². The summed E-state index contributed by atoms with van der Waals surface area (Å²) in [5.41, 5.74) is 1.40. The van der Waals surface area contributed by atoms with Crippen molar-refractivity contribution in [2.45, 2.75) is 24.7 Å². The van der Waals surface area contributed by atoms with Crippen molar-refractivity contribution in [2.75, 3.05) is 20.8 Å². The van der Waals surface area contributed by atoms with Gasteiger partial charge in [0.05, 0.1) is 19.1 Å². The Morgan fingerprint density at radius 3 is 2.40 bits per heavy atom. The van der Waals surface area contributed by atoms with Gasteiger partial charge in [-0.3, -0.25) is 0 Å². The van der Waals surface area contributed by atoms with E-state index in [1.54, 1.807) is 21.1 Å². The van der Waals surface area contributed by atoms with Gasteiger partial charge in [-0.2, -0.15) is 0 Å². The first-order valence-electron chi connectivity index (χ1n) is 7.84. The Labute approximate surface area is 147 Å². The average molecular weight is 367 g/mol. The Morgan fingerprint density at radius 1 is 1.04 bits per heavy atom. The molecule has 0 unspecified atom stereocenters. The van der Waals surface area contributed by atoms with Crippen LogP contribution in [0.1, 0.15) is 17.5 Å². The number of rotatable bonds is 8. The highest BCUT2D eigenvalue weighted by Gasteiger charge is 2.16. The fourth-order valence-electron chi connectivity index (χ4n) is 2.53. The summed E-state index contributed by atoms with van der Waals surface area (Å²) >= 11 is 0. The summed E-state index contributed by atoms with van der Waals surface area (Å²) in [5, 5.41) is 0. The SMILES string of the molecule is COc1ccc(CCCNS(=O)(=O)c2ccc(F)cc2C)cc1OC. The molecule has 5 nitrogen and oxygen atoms in total. The van der Waals surface area contributed by atoms with E-state index >= 15 is 0 Å². The normalized spacial score (nSPS) is 11.4. The van der Waals surface area contributed by atoms with Gasteiger partial charge in [-0.25, -0.2) is 17.5 Å². The first-order valence-corrected chi connectivity index (χ1v) is 9.32. The fraction of sp³-hybridized carbons (Fsp3) is 0.333. The van der Waals surface area contributed by atoms with Gasteiger partial charge in [0.2, 0.25) is 10.0 Å². The molecule has 2 aromatic rings. The van der Waals surface area contributed by atoms with Gasteiger partial charge in [0.1, 0.15) is 5.82 Å². The molecule has 7 heteroatoms. The van der Waals surface area contributed by atoms with Gasteiger partial charge in [0, 0.05) is 6.54 Å². The summed E-state index contributed by atoms with van der Waals surface area (Å²) in [4.78, 5) is 0.0972. The molecular weight excluding hydrogens is 345 g/mol. The predicted octanol–water partition coefficient (Wildman–Crippen LogP) is 3.06.